The van der Waals surface area contributed by atoms with Gasteiger partial charge in [0.05, 0.1) is 21.4 Å². The lowest BCUT2D eigenvalue weighted by atomic mass is 9.35. The molecule has 4 aliphatic rings. The molecule has 5 heteroatoms. The summed E-state index contributed by atoms with van der Waals surface area (Å²) in [5.41, 5.74) is 0.908. The summed E-state index contributed by atoms with van der Waals surface area (Å²) in [4.78, 5) is 18.5. The second kappa shape index (κ2) is 4.38. The number of carbonyl (C=O) groups is 1. The molecule has 2 N–H and O–H groups in total. The van der Waals surface area contributed by atoms with E-state index >= 15 is 0 Å². The molecule has 0 aromatic carbocycles. The summed E-state index contributed by atoms with van der Waals surface area (Å²) < 4.78 is 1.11. The number of thiophene rings is 1. The predicted molar refractivity (Wildman–Crippen MR) is 94.4 cm³/mol. The van der Waals surface area contributed by atoms with Crippen LogP contribution in [0.5, 0.6) is 0 Å². The first kappa shape index (κ1) is 14.8. The van der Waals surface area contributed by atoms with Crippen molar-refractivity contribution in [3.05, 3.63) is 28.8 Å². The summed E-state index contributed by atoms with van der Waals surface area (Å²) in [5.74, 6) is 0.690. The zero-order chi connectivity index (χ0) is 16.7. The van der Waals surface area contributed by atoms with Gasteiger partial charge in [0.15, 0.2) is 0 Å². The molecule has 2 aromatic rings. The van der Waals surface area contributed by atoms with Gasteiger partial charge in [0.25, 0.3) is 5.91 Å². The van der Waals surface area contributed by atoms with Crippen LogP contribution >= 0.6 is 11.3 Å². The molecule has 0 radical (unpaired) electrons. The zero-order valence-electron chi connectivity index (χ0n) is 14.1. The van der Waals surface area contributed by atoms with E-state index in [0.717, 1.165) is 35.4 Å². The van der Waals surface area contributed by atoms with Gasteiger partial charge in [0.1, 0.15) is 0 Å². The zero-order valence-corrected chi connectivity index (χ0v) is 14.9. The molecule has 4 saturated carbocycles. The maximum Gasteiger partial charge on any atom is 0.253 e. The average Bonchev–Trinajstić information content (AvgIpc) is 3.18. The molecule has 126 valence electrons. The van der Waals surface area contributed by atoms with Crippen LogP contribution in [0.25, 0.3) is 10.2 Å². The first-order valence-electron chi connectivity index (χ1n) is 8.74. The number of nitrogens with one attached hydrogen (secondary N) is 1. The molecule has 24 heavy (non-hydrogen) atoms. The highest BCUT2D eigenvalue weighted by atomic mass is 32.1. The minimum absolute atomic E-state index is 0.00933. The molecule has 4 nitrogen and oxygen atoms in total. The lowest BCUT2D eigenvalue weighted by molar-refractivity contribution is -0.247. The largest absolute Gasteiger partial charge is 0.390 e. The van der Waals surface area contributed by atoms with E-state index in [-0.39, 0.29) is 16.9 Å². The van der Waals surface area contributed by atoms with Crippen LogP contribution < -0.4 is 5.32 Å². The van der Waals surface area contributed by atoms with Gasteiger partial charge in [-0.3, -0.25) is 9.78 Å². The van der Waals surface area contributed by atoms with Crippen molar-refractivity contribution in [3.63, 3.8) is 0 Å². The fraction of sp³-hybridized carbons (Fsp3) is 0.579. The molecular formula is C19H22N2O2S. The normalized spacial score (nSPS) is 31.5. The highest BCUT2D eigenvalue weighted by molar-refractivity contribution is 7.19. The van der Waals surface area contributed by atoms with E-state index in [9.17, 15) is 9.90 Å². The number of pyridine rings is 1. The predicted octanol–water partition coefficient (Wildman–Crippen LogP) is 3.60. The van der Waals surface area contributed by atoms with E-state index in [2.05, 4.69) is 16.4 Å². The van der Waals surface area contributed by atoms with Gasteiger partial charge in [-0.15, -0.1) is 11.3 Å². The quantitative estimate of drug-likeness (QED) is 0.892. The number of aliphatic hydroxyl groups is 1. The molecule has 0 aliphatic heterocycles. The fourth-order valence-electron chi connectivity index (χ4n) is 4.51. The van der Waals surface area contributed by atoms with Gasteiger partial charge in [-0.2, -0.15) is 0 Å². The van der Waals surface area contributed by atoms with Crippen molar-refractivity contribution in [2.24, 2.45) is 5.41 Å². The third-order valence-corrected chi connectivity index (χ3v) is 7.57. The number of hydrogen-bond acceptors (Lipinski definition) is 4. The monoisotopic (exact) mass is 342 g/mol. The van der Waals surface area contributed by atoms with Crippen LogP contribution in [0, 0.1) is 5.41 Å². The van der Waals surface area contributed by atoms with E-state index in [0.29, 0.717) is 5.56 Å². The molecular weight excluding hydrogens is 320 g/mol. The smallest absolute Gasteiger partial charge is 0.253 e. The fourth-order valence-corrected chi connectivity index (χ4v) is 5.74. The summed E-state index contributed by atoms with van der Waals surface area (Å²) >= 11 is 1.77. The Balaban J connectivity index is 1.32. The summed E-state index contributed by atoms with van der Waals surface area (Å²) in [6.07, 6.45) is 6.91. The number of fused-ring (bicyclic) bond motifs is 1. The van der Waals surface area contributed by atoms with E-state index < -0.39 is 5.60 Å². The minimum atomic E-state index is -0.657. The highest BCUT2D eigenvalue weighted by Crippen LogP contribution is 2.71. The summed E-state index contributed by atoms with van der Waals surface area (Å²) in [5, 5.41) is 13.4. The Morgan fingerprint density at radius 2 is 2.04 bits per heavy atom. The van der Waals surface area contributed by atoms with Crippen LogP contribution in [0.15, 0.2) is 18.3 Å². The number of aromatic nitrogens is 1. The van der Waals surface area contributed by atoms with Crippen molar-refractivity contribution < 1.29 is 9.90 Å². The van der Waals surface area contributed by atoms with Gasteiger partial charge < -0.3 is 10.4 Å². The minimum Gasteiger partial charge on any atom is -0.390 e. The number of amides is 1. The number of rotatable bonds is 4. The molecule has 0 spiro atoms. The van der Waals surface area contributed by atoms with Crippen molar-refractivity contribution in [3.8, 4) is 0 Å². The van der Waals surface area contributed by atoms with Gasteiger partial charge in [-0.05, 0) is 64.0 Å². The van der Waals surface area contributed by atoms with Crippen molar-refractivity contribution in [2.75, 3.05) is 0 Å². The Labute approximate surface area is 145 Å². The maximum absolute atomic E-state index is 12.6. The Morgan fingerprint density at radius 3 is 2.67 bits per heavy atom. The molecule has 0 saturated heterocycles. The molecule has 0 unspecified atom stereocenters. The Morgan fingerprint density at radius 1 is 1.33 bits per heavy atom. The maximum atomic E-state index is 12.6. The number of hydrogen-bond donors (Lipinski definition) is 2. The van der Waals surface area contributed by atoms with E-state index in [1.54, 1.807) is 17.5 Å². The summed E-state index contributed by atoms with van der Waals surface area (Å²) in [7, 11) is 0. The van der Waals surface area contributed by atoms with Crippen LogP contribution in [0.4, 0.5) is 0 Å². The second-order valence-corrected chi connectivity index (χ2v) is 9.75. The van der Waals surface area contributed by atoms with Crippen molar-refractivity contribution in [1.29, 1.82) is 0 Å². The number of nitrogens with zero attached hydrogens (tertiary/aromatic N) is 1. The van der Waals surface area contributed by atoms with Crippen LogP contribution in [-0.4, -0.2) is 27.1 Å². The van der Waals surface area contributed by atoms with Crippen LogP contribution in [-0.2, 0) is 0 Å². The van der Waals surface area contributed by atoms with Crippen molar-refractivity contribution in [1.82, 2.24) is 10.3 Å². The van der Waals surface area contributed by atoms with Gasteiger partial charge in [-0.25, -0.2) is 0 Å². The summed E-state index contributed by atoms with van der Waals surface area (Å²) in [6, 6.07) is 4.15. The van der Waals surface area contributed by atoms with Crippen LogP contribution in [0.3, 0.4) is 0 Å². The van der Waals surface area contributed by atoms with E-state index in [1.165, 1.54) is 17.7 Å². The summed E-state index contributed by atoms with van der Waals surface area (Å²) in [6.45, 7) is 3.76. The van der Waals surface area contributed by atoms with Gasteiger partial charge in [0.2, 0.25) is 0 Å². The Bertz CT molecular complexity index is 840. The molecule has 0 atom stereocenters. The van der Waals surface area contributed by atoms with E-state index in [1.807, 2.05) is 19.9 Å². The standard InChI is InChI=1S/C19H22N2O2S/c1-17(2,23)18-8-19(9-18,10-18)21-16(22)12-5-15-13(20-7-12)6-14(24-15)11-3-4-11/h5-7,11,23H,3-4,8-10H2,1-2H3,(H,21,22). The van der Waals surface area contributed by atoms with Gasteiger partial charge in [0, 0.05) is 22.0 Å². The molecule has 2 bridgehead atoms. The molecule has 2 heterocycles. The number of carbonyl (C=O) groups excluding carboxylic acids is 1. The lowest BCUT2D eigenvalue weighted by Gasteiger charge is -2.74. The van der Waals surface area contributed by atoms with Crippen LogP contribution in [0.1, 0.15) is 67.1 Å². The Hall–Kier alpha value is -1.46. The molecule has 1 amide bonds. The SMILES string of the molecule is CC(C)(O)C12CC(NC(=O)c3cnc4cc(C5CC5)sc4c3)(C1)C2. The molecule has 2 aromatic heterocycles. The first-order valence-corrected chi connectivity index (χ1v) is 9.55. The van der Waals surface area contributed by atoms with Gasteiger partial charge in [-0.1, -0.05) is 0 Å². The topological polar surface area (TPSA) is 62.2 Å². The third kappa shape index (κ3) is 2.01. The van der Waals surface area contributed by atoms with Crippen molar-refractivity contribution >= 4 is 27.5 Å². The Kier molecular flexibility index (Phi) is 2.71. The van der Waals surface area contributed by atoms with E-state index in [4.69, 9.17) is 0 Å². The average molecular weight is 342 g/mol. The van der Waals surface area contributed by atoms with Gasteiger partial charge >= 0.3 is 0 Å². The molecule has 4 fully saturated rings. The molecule has 4 aliphatic carbocycles. The third-order valence-electron chi connectivity index (χ3n) is 6.34. The van der Waals surface area contributed by atoms with Crippen LogP contribution in [0.2, 0.25) is 0 Å². The highest BCUT2D eigenvalue weighted by Gasteiger charge is 2.73. The molecule has 6 rings (SSSR count). The first-order chi connectivity index (χ1) is 11.3. The van der Waals surface area contributed by atoms with Crippen molar-refractivity contribution in [2.45, 2.75) is 63.0 Å². The lowest BCUT2D eigenvalue weighted by Crippen LogP contribution is -2.79. The second-order valence-electron chi connectivity index (χ2n) is 8.63.